The van der Waals surface area contributed by atoms with Crippen molar-refractivity contribution in [2.75, 3.05) is 19.0 Å². The molecule has 0 aliphatic heterocycles. The van der Waals surface area contributed by atoms with E-state index in [1.165, 1.54) is 11.3 Å². The quantitative estimate of drug-likeness (QED) is 0.738. The molecule has 0 aliphatic carbocycles. The van der Waals surface area contributed by atoms with Crippen LogP contribution in [0.1, 0.15) is 25.0 Å². The highest BCUT2D eigenvalue weighted by atomic mass is 32.1. The van der Waals surface area contributed by atoms with Gasteiger partial charge in [-0.05, 0) is 44.9 Å². The summed E-state index contributed by atoms with van der Waals surface area (Å²) in [6.07, 6.45) is 1.90. The molecule has 0 fully saturated rings. The van der Waals surface area contributed by atoms with E-state index in [1.807, 2.05) is 40.0 Å². The maximum absolute atomic E-state index is 10.2. The Kier molecular flexibility index (Phi) is 4.23. The molecule has 24 heavy (non-hydrogen) atoms. The van der Waals surface area contributed by atoms with Crippen LogP contribution in [-0.2, 0) is 4.74 Å². The molecule has 2 N–H and O–H groups in total. The highest BCUT2D eigenvalue weighted by Crippen LogP contribution is 2.31. The Morgan fingerprint density at radius 3 is 2.71 bits per heavy atom. The summed E-state index contributed by atoms with van der Waals surface area (Å²) in [4.78, 5) is 4.51. The molecule has 2 heterocycles. The van der Waals surface area contributed by atoms with Crippen LogP contribution in [0.2, 0.25) is 0 Å². The smallest absolute Gasteiger partial charge is 0.194 e. The maximum atomic E-state index is 10.2. The Balaban J connectivity index is 1.88. The summed E-state index contributed by atoms with van der Waals surface area (Å²) in [5, 5.41) is 18.8. The predicted molar refractivity (Wildman–Crippen MR) is 97.5 cm³/mol. The molecule has 0 unspecified atom stereocenters. The molecule has 6 nitrogen and oxygen atoms in total. The van der Waals surface area contributed by atoms with Gasteiger partial charge in [-0.3, -0.25) is 0 Å². The first-order valence-corrected chi connectivity index (χ1v) is 8.56. The second-order valence-electron chi connectivity index (χ2n) is 6.55. The molecule has 0 aliphatic rings. The molecule has 3 aromatic rings. The third-order valence-electron chi connectivity index (χ3n) is 3.95. The number of fused-ring (bicyclic) bond motifs is 1. The minimum atomic E-state index is -0.256. The zero-order chi connectivity index (χ0) is 17.5. The van der Waals surface area contributed by atoms with Crippen LogP contribution in [0.15, 0.2) is 18.3 Å². The Hall–Kier alpha value is -2.12. The van der Waals surface area contributed by atoms with Gasteiger partial charge in [-0.15, -0.1) is 5.10 Å². The molecule has 0 spiro atoms. The fraction of sp³-hybridized carbons (Fsp3) is 0.412. The van der Waals surface area contributed by atoms with Crippen LogP contribution < -0.4 is 5.32 Å². The lowest BCUT2D eigenvalue weighted by atomic mass is 10.1. The van der Waals surface area contributed by atoms with Gasteiger partial charge in [-0.1, -0.05) is 17.4 Å². The number of nitrogens with zero attached hydrogens (tertiary/aromatic N) is 3. The zero-order valence-electron chi connectivity index (χ0n) is 14.5. The number of benzene rings is 1. The molecule has 0 saturated heterocycles. The zero-order valence-corrected chi connectivity index (χ0v) is 15.4. The lowest BCUT2D eigenvalue weighted by Crippen LogP contribution is -2.31. The molecule has 1 aromatic carbocycles. The number of aromatic nitrogens is 3. The van der Waals surface area contributed by atoms with Crippen molar-refractivity contribution >= 4 is 26.8 Å². The number of aryl methyl sites for hydroxylation is 2. The Labute approximate surface area is 145 Å². The van der Waals surface area contributed by atoms with Crippen LogP contribution in [0.3, 0.4) is 0 Å². The minimum Gasteiger partial charge on any atom is -0.506 e. The molecule has 0 amide bonds. The molecular weight excluding hydrogens is 324 g/mol. The summed E-state index contributed by atoms with van der Waals surface area (Å²) in [6.45, 7) is 8.62. The number of thiazole rings is 1. The lowest BCUT2D eigenvalue weighted by molar-refractivity contribution is 0.0344. The van der Waals surface area contributed by atoms with Gasteiger partial charge < -0.3 is 15.2 Å². The molecule has 7 heteroatoms. The van der Waals surface area contributed by atoms with Gasteiger partial charge in [-0.2, -0.15) is 4.98 Å². The van der Waals surface area contributed by atoms with Crippen molar-refractivity contribution in [1.82, 2.24) is 14.8 Å². The fourth-order valence-electron chi connectivity index (χ4n) is 2.51. The number of aromatic hydroxyl groups is 1. The highest BCUT2D eigenvalue weighted by molar-refractivity contribution is 7.22. The number of hydrogen-bond acceptors (Lipinski definition) is 6. The number of phenolic OH excluding ortho intramolecular Hbond substituents is 1. The highest BCUT2D eigenvalue weighted by Gasteiger charge is 2.18. The number of methoxy groups -OCH3 is 1. The van der Waals surface area contributed by atoms with Gasteiger partial charge in [0.2, 0.25) is 0 Å². The third-order valence-corrected chi connectivity index (χ3v) is 4.89. The standard InChI is InChI=1S/C17H22N4O2S/c1-10-6-11(2)14(12(22)7-10)21-8-13-15(20-21)19-16(24-13)18-9-17(3,4)23-5/h6-8,22H,9H2,1-5H3,(H,18,19,20). The normalized spacial score (nSPS) is 12.0. The summed E-state index contributed by atoms with van der Waals surface area (Å²) < 4.78 is 8.06. The number of phenols is 1. The molecule has 3 rings (SSSR count). The molecule has 2 aromatic heterocycles. The van der Waals surface area contributed by atoms with Crippen molar-refractivity contribution in [1.29, 1.82) is 0 Å². The number of nitrogens with one attached hydrogen (secondary N) is 1. The van der Waals surface area contributed by atoms with Crippen molar-refractivity contribution in [3.05, 3.63) is 29.5 Å². The summed E-state index contributed by atoms with van der Waals surface area (Å²) in [5.74, 6) is 0.225. The molecule has 0 saturated carbocycles. The van der Waals surface area contributed by atoms with Crippen LogP contribution in [0.25, 0.3) is 16.0 Å². The van der Waals surface area contributed by atoms with Crippen LogP contribution in [0, 0.1) is 13.8 Å². The summed E-state index contributed by atoms with van der Waals surface area (Å²) in [5.41, 5.74) is 3.10. The first-order chi connectivity index (χ1) is 11.3. The van der Waals surface area contributed by atoms with E-state index in [1.54, 1.807) is 17.9 Å². The van der Waals surface area contributed by atoms with Gasteiger partial charge in [0.25, 0.3) is 0 Å². The minimum absolute atomic E-state index is 0.225. The first kappa shape index (κ1) is 16.7. The van der Waals surface area contributed by atoms with Gasteiger partial charge in [0.05, 0.1) is 16.5 Å². The topological polar surface area (TPSA) is 72.2 Å². The van der Waals surface area contributed by atoms with Gasteiger partial charge >= 0.3 is 0 Å². The van der Waals surface area contributed by atoms with Crippen LogP contribution >= 0.6 is 11.3 Å². The summed E-state index contributed by atoms with van der Waals surface area (Å²) in [6, 6.07) is 3.77. The van der Waals surface area contributed by atoms with Crippen molar-refractivity contribution in [2.24, 2.45) is 0 Å². The van der Waals surface area contributed by atoms with E-state index in [9.17, 15) is 5.11 Å². The van der Waals surface area contributed by atoms with Crippen molar-refractivity contribution < 1.29 is 9.84 Å². The summed E-state index contributed by atoms with van der Waals surface area (Å²) in [7, 11) is 1.70. The van der Waals surface area contributed by atoms with Gasteiger partial charge in [0, 0.05) is 13.7 Å². The van der Waals surface area contributed by atoms with Gasteiger partial charge in [-0.25, -0.2) is 4.68 Å². The number of ether oxygens (including phenoxy) is 1. The Bertz CT molecular complexity index is 827. The molecule has 0 bridgehead atoms. The van der Waals surface area contributed by atoms with Crippen LogP contribution in [0.4, 0.5) is 5.13 Å². The van der Waals surface area contributed by atoms with E-state index in [4.69, 9.17) is 4.74 Å². The number of anilines is 1. The van der Waals surface area contributed by atoms with Crippen molar-refractivity contribution in [3.63, 3.8) is 0 Å². The van der Waals surface area contributed by atoms with E-state index in [0.29, 0.717) is 17.9 Å². The van der Waals surface area contributed by atoms with Crippen LogP contribution in [-0.4, -0.2) is 39.1 Å². The van der Waals surface area contributed by atoms with E-state index in [-0.39, 0.29) is 11.4 Å². The van der Waals surface area contributed by atoms with E-state index >= 15 is 0 Å². The van der Waals surface area contributed by atoms with Gasteiger partial charge in [0.15, 0.2) is 10.8 Å². The van der Waals surface area contributed by atoms with E-state index < -0.39 is 0 Å². The van der Waals surface area contributed by atoms with Crippen molar-refractivity contribution in [3.8, 4) is 11.4 Å². The number of rotatable bonds is 5. The Morgan fingerprint density at radius 2 is 2.08 bits per heavy atom. The summed E-state index contributed by atoms with van der Waals surface area (Å²) >= 11 is 1.54. The monoisotopic (exact) mass is 346 g/mol. The third kappa shape index (κ3) is 3.22. The maximum Gasteiger partial charge on any atom is 0.194 e. The van der Waals surface area contributed by atoms with Crippen LogP contribution in [0.5, 0.6) is 5.75 Å². The van der Waals surface area contributed by atoms with Crippen molar-refractivity contribution in [2.45, 2.75) is 33.3 Å². The first-order valence-electron chi connectivity index (χ1n) is 7.75. The SMILES string of the molecule is COC(C)(C)CNc1nc2nn(-c3c(C)cc(C)cc3O)cc2s1. The average Bonchev–Trinajstić information content (AvgIpc) is 3.02. The average molecular weight is 346 g/mol. The molecule has 128 valence electrons. The molecule has 0 radical (unpaired) electrons. The second-order valence-corrected chi connectivity index (χ2v) is 7.58. The molecular formula is C17H22N4O2S. The fourth-order valence-corrected chi connectivity index (χ4v) is 3.32. The second kappa shape index (κ2) is 6.07. The largest absolute Gasteiger partial charge is 0.506 e. The lowest BCUT2D eigenvalue weighted by Gasteiger charge is -2.22. The number of hydrogen-bond donors (Lipinski definition) is 2. The molecule has 0 atom stereocenters. The van der Waals surface area contributed by atoms with E-state index in [2.05, 4.69) is 15.4 Å². The van der Waals surface area contributed by atoms with E-state index in [0.717, 1.165) is 21.0 Å². The van der Waals surface area contributed by atoms with Gasteiger partial charge in [0.1, 0.15) is 11.4 Å². The predicted octanol–water partition coefficient (Wildman–Crippen LogP) is 3.64. The Morgan fingerprint density at radius 1 is 1.33 bits per heavy atom.